The number of hydrogen-bond donors (Lipinski definition) is 2. The van der Waals surface area contributed by atoms with Gasteiger partial charge in [0.05, 0.1) is 16.3 Å². The minimum atomic E-state index is -0.468. The zero-order valence-corrected chi connectivity index (χ0v) is 11.4. The van der Waals surface area contributed by atoms with Crippen LogP contribution in [0.1, 0.15) is 16.8 Å². The van der Waals surface area contributed by atoms with E-state index < -0.39 is 5.91 Å². The summed E-state index contributed by atoms with van der Waals surface area (Å²) >= 11 is 7.31. The number of rotatable bonds is 6. The number of nitrogens with one attached hydrogen (secondary N) is 1. The van der Waals surface area contributed by atoms with Crippen LogP contribution < -0.4 is 11.1 Å². The summed E-state index contributed by atoms with van der Waals surface area (Å²) in [6.45, 7) is 0.604. The average Bonchev–Trinajstić information content (AvgIpc) is 2.35. The molecule has 1 rings (SSSR count). The summed E-state index contributed by atoms with van der Waals surface area (Å²) in [6.07, 6.45) is 0.858. The molecular formula is C12H15ClN2O2S. The number of amides is 2. The van der Waals surface area contributed by atoms with Crippen molar-refractivity contribution in [2.24, 2.45) is 5.73 Å². The van der Waals surface area contributed by atoms with Crippen molar-refractivity contribution in [3.8, 4) is 0 Å². The second-order valence-corrected chi connectivity index (χ2v) is 5.06. The zero-order chi connectivity index (χ0) is 13.4. The molecule has 1 aromatic rings. The van der Waals surface area contributed by atoms with Gasteiger partial charge in [-0.2, -0.15) is 11.8 Å². The zero-order valence-electron chi connectivity index (χ0n) is 9.82. The Morgan fingerprint density at radius 3 is 2.72 bits per heavy atom. The Kier molecular flexibility index (Phi) is 6.78. The summed E-state index contributed by atoms with van der Waals surface area (Å²) in [4.78, 5) is 23.2. The fraction of sp³-hybridized carbons (Fsp3) is 0.333. The molecule has 98 valence electrons. The van der Waals surface area contributed by atoms with Gasteiger partial charge >= 0.3 is 0 Å². The van der Waals surface area contributed by atoms with Crippen molar-refractivity contribution in [1.29, 1.82) is 0 Å². The summed E-state index contributed by atoms with van der Waals surface area (Å²) in [5.41, 5.74) is 5.64. The molecule has 1 aromatic carbocycles. The molecule has 0 saturated heterocycles. The van der Waals surface area contributed by atoms with Crippen LogP contribution in [0, 0.1) is 0 Å². The van der Waals surface area contributed by atoms with Crippen molar-refractivity contribution >= 4 is 35.2 Å². The SMILES string of the molecule is NCCCSCC(=O)NC(=O)c1ccccc1Cl. The van der Waals surface area contributed by atoms with Gasteiger partial charge in [-0.25, -0.2) is 0 Å². The standard InChI is InChI=1S/C12H15ClN2O2S/c13-10-5-2-1-4-9(10)12(17)15-11(16)8-18-7-3-6-14/h1-2,4-5H,3,6-8,14H2,(H,15,16,17). The molecule has 0 heterocycles. The molecule has 2 amide bonds. The van der Waals surface area contributed by atoms with Gasteiger partial charge < -0.3 is 5.73 Å². The van der Waals surface area contributed by atoms with Crippen LogP contribution in [0.2, 0.25) is 5.02 Å². The van der Waals surface area contributed by atoms with E-state index in [2.05, 4.69) is 5.32 Å². The Morgan fingerprint density at radius 2 is 2.06 bits per heavy atom. The summed E-state index contributed by atoms with van der Waals surface area (Å²) < 4.78 is 0. The molecule has 18 heavy (non-hydrogen) atoms. The van der Waals surface area contributed by atoms with Crippen LogP contribution >= 0.6 is 23.4 Å². The summed E-state index contributed by atoms with van der Waals surface area (Å²) in [5.74, 6) is 0.271. The van der Waals surface area contributed by atoms with Crippen LogP contribution in [0.25, 0.3) is 0 Å². The molecule has 0 bridgehead atoms. The number of hydrogen-bond acceptors (Lipinski definition) is 4. The van der Waals surface area contributed by atoms with Crippen molar-refractivity contribution in [1.82, 2.24) is 5.32 Å². The lowest BCUT2D eigenvalue weighted by Crippen LogP contribution is -2.32. The third-order valence-electron chi connectivity index (χ3n) is 2.10. The number of halogens is 1. The molecule has 6 heteroatoms. The van der Waals surface area contributed by atoms with Crippen molar-refractivity contribution in [2.75, 3.05) is 18.1 Å². The highest BCUT2D eigenvalue weighted by molar-refractivity contribution is 7.99. The van der Waals surface area contributed by atoms with Gasteiger partial charge in [0, 0.05) is 0 Å². The van der Waals surface area contributed by atoms with E-state index in [4.69, 9.17) is 17.3 Å². The molecule has 0 atom stereocenters. The Balaban J connectivity index is 2.41. The van der Waals surface area contributed by atoms with Crippen molar-refractivity contribution < 1.29 is 9.59 Å². The highest BCUT2D eigenvalue weighted by Crippen LogP contribution is 2.14. The van der Waals surface area contributed by atoms with Gasteiger partial charge in [0.25, 0.3) is 5.91 Å². The second kappa shape index (κ2) is 8.13. The first-order valence-corrected chi connectivity index (χ1v) is 7.05. The lowest BCUT2D eigenvalue weighted by atomic mass is 10.2. The molecule has 4 nitrogen and oxygen atoms in total. The third-order valence-corrected chi connectivity index (χ3v) is 3.47. The summed E-state index contributed by atoms with van der Waals surface area (Å²) in [5, 5.41) is 2.63. The molecule has 3 N–H and O–H groups in total. The Morgan fingerprint density at radius 1 is 1.33 bits per heavy atom. The number of carbonyl (C=O) groups excluding carboxylic acids is 2. The quantitative estimate of drug-likeness (QED) is 0.781. The molecule has 0 fully saturated rings. The maximum atomic E-state index is 11.7. The Bertz CT molecular complexity index is 426. The number of benzene rings is 1. The topological polar surface area (TPSA) is 72.2 Å². The van der Waals surface area contributed by atoms with Gasteiger partial charge in [-0.1, -0.05) is 23.7 Å². The monoisotopic (exact) mass is 286 g/mol. The molecule has 0 saturated carbocycles. The van der Waals surface area contributed by atoms with Crippen molar-refractivity contribution in [3.63, 3.8) is 0 Å². The van der Waals surface area contributed by atoms with Crippen molar-refractivity contribution in [2.45, 2.75) is 6.42 Å². The van der Waals surface area contributed by atoms with Crippen LogP contribution in [0.15, 0.2) is 24.3 Å². The number of imide groups is 1. The molecule has 0 aliphatic carbocycles. The molecular weight excluding hydrogens is 272 g/mol. The Labute approximate surface area is 115 Å². The lowest BCUT2D eigenvalue weighted by molar-refractivity contribution is -0.117. The fourth-order valence-electron chi connectivity index (χ4n) is 1.23. The highest BCUT2D eigenvalue weighted by atomic mass is 35.5. The van der Waals surface area contributed by atoms with Crippen molar-refractivity contribution in [3.05, 3.63) is 34.9 Å². The third kappa shape index (κ3) is 5.08. The van der Waals surface area contributed by atoms with E-state index in [0.29, 0.717) is 17.1 Å². The maximum Gasteiger partial charge on any atom is 0.259 e. The van der Waals surface area contributed by atoms with E-state index in [9.17, 15) is 9.59 Å². The van der Waals surface area contributed by atoms with Crippen LogP contribution in [0.5, 0.6) is 0 Å². The fourth-order valence-corrected chi connectivity index (χ4v) is 2.22. The van der Waals surface area contributed by atoms with E-state index in [-0.39, 0.29) is 11.7 Å². The predicted molar refractivity (Wildman–Crippen MR) is 74.9 cm³/mol. The maximum absolute atomic E-state index is 11.7. The molecule has 0 spiro atoms. The van der Waals surface area contributed by atoms with Gasteiger partial charge in [0.1, 0.15) is 0 Å². The largest absolute Gasteiger partial charge is 0.330 e. The first-order chi connectivity index (χ1) is 8.65. The molecule has 0 aliphatic heterocycles. The Hall–Kier alpha value is -1.04. The van der Waals surface area contributed by atoms with Gasteiger partial charge in [-0.3, -0.25) is 14.9 Å². The number of nitrogens with two attached hydrogens (primary N) is 1. The van der Waals surface area contributed by atoms with E-state index in [0.717, 1.165) is 12.2 Å². The number of thioether (sulfide) groups is 1. The molecule has 0 radical (unpaired) electrons. The normalized spacial score (nSPS) is 10.1. The minimum Gasteiger partial charge on any atom is -0.330 e. The van der Waals surface area contributed by atoms with E-state index in [1.165, 1.54) is 11.8 Å². The smallest absolute Gasteiger partial charge is 0.259 e. The van der Waals surface area contributed by atoms with E-state index >= 15 is 0 Å². The van der Waals surface area contributed by atoms with Crippen LogP contribution in [-0.2, 0) is 4.79 Å². The minimum absolute atomic E-state index is 0.246. The molecule has 0 unspecified atom stereocenters. The van der Waals surface area contributed by atoms with Crippen LogP contribution in [-0.4, -0.2) is 29.9 Å². The van der Waals surface area contributed by atoms with Gasteiger partial charge in [0.2, 0.25) is 5.91 Å². The average molecular weight is 287 g/mol. The summed E-state index contributed by atoms with van der Waals surface area (Å²) in [7, 11) is 0. The van der Waals surface area contributed by atoms with Crippen LogP contribution in [0.4, 0.5) is 0 Å². The van der Waals surface area contributed by atoms with Gasteiger partial charge in [-0.15, -0.1) is 0 Å². The van der Waals surface area contributed by atoms with Gasteiger partial charge in [0.15, 0.2) is 0 Å². The first kappa shape index (κ1) is 15.0. The van der Waals surface area contributed by atoms with Crippen LogP contribution in [0.3, 0.4) is 0 Å². The molecule has 0 aromatic heterocycles. The second-order valence-electron chi connectivity index (χ2n) is 3.55. The number of carbonyl (C=O) groups is 2. The highest BCUT2D eigenvalue weighted by Gasteiger charge is 2.12. The molecule has 0 aliphatic rings. The first-order valence-electron chi connectivity index (χ1n) is 5.51. The lowest BCUT2D eigenvalue weighted by Gasteiger charge is -2.05. The van der Waals surface area contributed by atoms with E-state index in [1.807, 2.05) is 0 Å². The van der Waals surface area contributed by atoms with Gasteiger partial charge in [-0.05, 0) is 30.9 Å². The predicted octanol–water partition coefficient (Wildman–Crippen LogP) is 1.68. The van der Waals surface area contributed by atoms with E-state index in [1.54, 1.807) is 24.3 Å². The summed E-state index contributed by atoms with van der Waals surface area (Å²) in [6, 6.07) is 6.61.